The lowest BCUT2D eigenvalue weighted by atomic mass is 9.92. The first-order chi connectivity index (χ1) is 7.83. The summed E-state index contributed by atoms with van der Waals surface area (Å²) in [6, 6.07) is 0. The average Bonchev–Trinajstić information content (AvgIpc) is 2.78. The Labute approximate surface area is 95.8 Å². The van der Waals surface area contributed by atoms with Crippen LogP contribution in [0.1, 0.15) is 38.0 Å². The molecule has 1 aliphatic rings. The predicted octanol–water partition coefficient (Wildman–Crippen LogP) is 0.721. The molecule has 5 nitrogen and oxygen atoms in total. The molecule has 0 spiro atoms. The fourth-order valence-electron chi connectivity index (χ4n) is 2.27. The molecule has 16 heavy (non-hydrogen) atoms. The molecule has 0 bridgehead atoms. The largest absolute Gasteiger partial charge is 0.386 e. The fraction of sp³-hybridized carbons (Fsp3) is 0.818. The third kappa shape index (κ3) is 2.41. The summed E-state index contributed by atoms with van der Waals surface area (Å²) < 4.78 is 1.82. The topological polar surface area (TPSA) is 63.0 Å². The van der Waals surface area contributed by atoms with Crippen LogP contribution < -0.4 is 5.32 Å². The second kappa shape index (κ2) is 5.41. The SMILES string of the molecule is CCCn1nncc1C(O)C1CCCNC1. The number of hydrogen-bond donors (Lipinski definition) is 2. The van der Waals surface area contributed by atoms with E-state index in [-0.39, 0.29) is 0 Å². The van der Waals surface area contributed by atoms with Crippen LogP contribution in [-0.4, -0.2) is 33.2 Å². The fourth-order valence-corrected chi connectivity index (χ4v) is 2.27. The van der Waals surface area contributed by atoms with E-state index in [1.165, 1.54) is 0 Å². The quantitative estimate of drug-likeness (QED) is 0.791. The molecule has 0 aromatic carbocycles. The van der Waals surface area contributed by atoms with Gasteiger partial charge in [0.05, 0.1) is 11.9 Å². The highest BCUT2D eigenvalue weighted by Gasteiger charge is 2.25. The van der Waals surface area contributed by atoms with Gasteiger partial charge >= 0.3 is 0 Å². The van der Waals surface area contributed by atoms with Gasteiger partial charge in [0.15, 0.2) is 0 Å². The molecule has 1 aliphatic heterocycles. The van der Waals surface area contributed by atoms with Crippen molar-refractivity contribution in [2.24, 2.45) is 5.92 Å². The maximum atomic E-state index is 10.3. The molecule has 2 unspecified atom stereocenters. The summed E-state index contributed by atoms with van der Waals surface area (Å²) in [5.41, 5.74) is 0.857. The minimum absolute atomic E-state index is 0.294. The van der Waals surface area contributed by atoms with Gasteiger partial charge in [-0.15, -0.1) is 5.10 Å². The van der Waals surface area contributed by atoms with Crippen LogP contribution in [0.25, 0.3) is 0 Å². The van der Waals surface area contributed by atoms with E-state index in [0.717, 1.165) is 44.6 Å². The lowest BCUT2D eigenvalue weighted by Crippen LogP contribution is -2.34. The van der Waals surface area contributed by atoms with E-state index in [2.05, 4.69) is 22.6 Å². The zero-order chi connectivity index (χ0) is 11.4. The van der Waals surface area contributed by atoms with Crippen molar-refractivity contribution in [3.05, 3.63) is 11.9 Å². The third-order valence-electron chi connectivity index (χ3n) is 3.17. The van der Waals surface area contributed by atoms with Gasteiger partial charge in [-0.1, -0.05) is 12.1 Å². The maximum Gasteiger partial charge on any atom is 0.101 e. The lowest BCUT2D eigenvalue weighted by Gasteiger charge is -2.27. The van der Waals surface area contributed by atoms with Crippen LogP contribution in [0.15, 0.2) is 6.20 Å². The predicted molar refractivity (Wildman–Crippen MR) is 60.9 cm³/mol. The van der Waals surface area contributed by atoms with Crippen molar-refractivity contribution in [2.45, 2.75) is 38.8 Å². The van der Waals surface area contributed by atoms with Crippen LogP contribution in [0.2, 0.25) is 0 Å². The maximum absolute atomic E-state index is 10.3. The summed E-state index contributed by atoms with van der Waals surface area (Å²) in [7, 11) is 0. The second-order valence-corrected chi connectivity index (χ2v) is 4.43. The third-order valence-corrected chi connectivity index (χ3v) is 3.17. The molecule has 2 rings (SSSR count). The molecule has 1 fully saturated rings. The van der Waals surface area contributed by atoms with E-state index in [0.29, 0.717) is 5.92 Å². The Hall–Kier alpha value is -0.940. The molecule has 1 aromatic heterocycles. The van der Waals surface area contributed by atoms with Crippen molar-refractivity contribution in [3.8, 4) is 0 Å². The molecule has 1 saturated heterocycles. The van der Waals surface area contributed by atoms with Gasteiger partial charge in [0.1, 0.15) is 6.10 Å². The van der Waals surface area contributed by atoms with E-state index in [1.807, 2.05) is 4.68 Å². The molecule has 2 heterocycles. The van der Waals surface area contributed by atoms with E-state index in [4.69, 9.17) is 0 Å². The molecule has 0 aliphatic carbocycles. The Morgan fingerprint density at radius 3 is 3.25 bits per heavy atom. The van der Waals surface area contributed by atoms with Crippen molar-refractivity contribution in [1.82, 2.24) is 20.3 Å². The zero-order valence-corrected chi connectivity index (χ0v) is 9.76. The number of rotatable bonds is 4. The Kier molecular flexibility index (Phi) is 3.90. The van der Waals surface area contributed by atoms with Gasteiger partial charge < -0.3 is 10.4 Å². The number of nitrogens with zero attached hydrogens (tertiary/aromatic N) is 3. The molecule has 0 saturated carbocycles. The van der Waals surface area contributed by atoms with Crippen molar-refractivity contribution in [1.29, 1.82) is 0 Å². The normalized spacial score (nSPS) is 23.2. The van der Waals surface area contributed by atoms with Crippen LogP contribution in [0.5, 0.6) is 0 Å². The van der Waals surface area contributed by atoms with Crippen LogP contribution >= 0.6 is 0 Å². The summed E-state index contributed by atoms with van der Waals surface area (Å²) in [5, 5.41) is 21.5. The second-order valence-electron chi connectivity index (χ2n) is 4.43. The summed E-state index contributed by atoms with van der Waals surface area (Å²) in [6.07, 6.45) is 4.47. The van der Waals surface area contributed by atoms with Crippen molar-refractivity contribution in [3.63, 3.8) is 0 Å². The molecule has 0 amide bonds. The Morgan fingerprint density at radius 1 is 1.69 bits per heavy atom. The Bertz CT molecular complexity index is 320. The highest BCUT2D eigenvalue weighted by atomic mass is 16.3. The number of nitrogens with one attached hydrogen (secondary N) is 1. The molecular weight excluding hydrogens is 204 g/mol. The number of hydrogen-bond acceptors (Lipinski definition) is 4. The monoisotopic (exact) mass is 224 g/mol. The van der Waals surface area contributed by atoms with E-state index < -0.39 is 6.10 Å². The summed E-state index contributed by atoms with van der Waals surface area (Å²) in [5.74, 6) is 0.294. The number of aromatic nitrogens is 3. The minimum atomic E-state index is -0.436. The highest BCUT2D eigenvalue weighted by molar-refractivity contribution is 5.02. The van der Waals surface area contributed by atoms with Crippen LogP contribution in [0, 0.1) is 5.92 Å². The minimum Gasteiger partial charge on any atom is -0.386 e. The average molecular weight is 224 g/mol. The number of aliphatic hydroxyl groups excluding tert-OH is 1. The van der Waals surface area contributed by atoms with Gasteiger partial charge in [-0.3, -0.25) is 0 Å². The van der Waals surface area contributed by atoms with Gasteiger partial charge in [0, 0.05) is 19.0 Å². The molecule has 90 valence electrons. The molecule has 2 atom stereocenters. The number of piperidine rings is 1. The van der Waals surface area contributed by atoms with Crippen LogP contribution in [0.4, 0.5) is 0 Å². The van der Waals surface area contributed by atoms with Gasteiger partial charge in [0.2, 0.25) is 0 Å². The lowest BCUT2D eigenvalue weighted by molar-refractivity contribution is 0.0837. The zero-order valence-electron chi connectivity index (χ0n) is 9.76. The Morgan fingerprint density at radius 2 is 2.56 bits per heavy atom. The highest BCUT2D eigenvalue weighted by Crippen LogP contribution is 2.26. The standard InChI is InChI=1S/C11H20N4O/c1-2-6-15-10(8-13-14-15)11(16)9-4-3-5-12-7-9/h8-9,11-12,16H,2-7H2,1H3. The van der Waals surface area contributed by atoms with Gasteiger partial charge in [0.25, 0.3) is 0 Å². The molecule has 1 aromatic rings. The first-order valence-corrected chi connectivity index (χ1v) is 6.10. The van der Waals surface area contributed by atoms with E-state index in [1.54, 1.807) is 6.20 Å². The smallest absolute Gasteiger partial charge is 0.101 e. The first-order valence-electron chi connectivity index (χ1n) is 6.10. The molecule has 0 radical (unpaired) electrons. The van der Waals surface area contributed by atoms with Gasteiger partial charge in [-0.2, -0.15) is 0 Å². The summed E-state index contributed by atoms with van der Waals surface area (Å²) in [4.78, 5) is 0. The molecule has 2 N–H and O–H groups in total. The van der Waals surface area contributed by atoms with Crippen LogP contribution in [-0.2, 0) is 6.54 Å². The Balaban J connectivity index is 2.06. The van der Waals surface area contributed by atoms with Gasteiger partial charge in [-0.25, -0.2) is 4.68 Å². The van der Waals surface area contributed by atoms with Crippen molar-refractivity contribution >= 4 is 0 Å². The number of aliphatic hydroxyl groups is 1. The summed E-state index contributed by atoms with van der Waals surface area (Å²) >= 11 is 0. The first kappa shape index (κ1) is 11.5. The number of aryl methyl sites for hydroxylation is 1. The molecular formula is C11H20N4O. The van der Waals surface area contributed by atoms with E-state index in [9.17, 15) is 5.11 Å². The molecule has 5 heteroatoms. The van der Waals surface area contributed by atoms with E-state index >= 15 is 0 Å². The summed E-state index contributed by atoms with van der Waals surface area (Å²) in [6.45, 7) is 4.88. The van der Waals surface area contributed by atoms with Crippen molar-refractivity contribution in [2.75, 3.05) is 13.1 Å². The van der Waals surface area contributed by atoms with Crippen LogP contribution in [0.3, 0.4) is 0 Å². The van der Waals surface area contributed by atoms with Crippen molar-refractivity contribution < 1.29 is 5.11 Å². The van der Waals surface area contributed by atoms with Gasteiger partial charge in [-0.05, 0) is 25.8 Å².